The molecule has 2 aromatic rings. The standard InChI is InChI=1S/C18H17FO5S/c1-3-24-17(21)18(12-20,13-4-8-15(19)9-5-13)14-6-10-16(11-7-14)25(2,22)23/h4-12H,3H2,1-2H3. The van der Waals surface area contributed by atoms with Crippen molar-refractivity contribution in [1.29, 1.82) is 0 Å². The Morgan fingerprint density at radius 3 is 1.96 bits per heavy atom. The maximum atomic E-state index is 13.2. The zero-order chi connectivity index (χ0) is 18.7. The molecule has 132 valence electrons. The van der Waals surface area contributed by atoms with E-state index in [-0.39, 0.29) is 22.6 Å². The number of sulfone groups is 1. The molecule has 0 aliphatic carbocycles. The Kier molecular flexibility index (Phi) is 5.37. The molecule has 0 radical (unpaired) electrons. The van der Waals surface area contributed by atoms with Crippen molar-refractivity contribution in [3.8, 4) is 0 Å². The first-order chi connectivity index (χ1) is 11.8. The van der Waals surface area contributed by atoms with Crippen molar-refractivity contribution < 1.29 is 27.1 Å². The number of ether oxygens (including phenoxy) is 1. The highest BCUT2D eigenvalue weighted by Crippen LogP contribution is 2.33. The van der Waals surface area contributed by atoms with E-state index in [1.165, 1.54) is 36.4 Å². The van der Waals surface area contributed by atoms with Gasteiger partial charge in [0, 0.05) is 6.26 Å². The van der Waals surface area contributed by atoms with Crippen LogP contribution >= 0.6 is 0 Å². The average Bonchev–Trinajstić information content (AvgIpc) is 2.57. The first kappa shape index (κ1) is 18.8. The summed E-state index contributed by atoms with van der Waals surface area (Å²) in [7, 11) is -3.43. The Morgan fingerprint density at radius 2 is 1.56 bits per heavy atom. The van der Waals surface area contributed by atoms with Gasteiger partial charge in [-0.3, -0.25) is 4.79 Å². The molecular formula is C18H17FO5S. The molecule has 0 saturated carbocycles. The third-order valence-corrected chi connectivity index (χ3v) is 4.94. The lowest BCUT2D eigenvalue weighted by Gasteiger charge is -2.27. The van der Waals surface area contributed by atoms with Crippen molar-refractivity contribution in [1.82, 2.24) is 0 Å². The van der Waals surface area contributed by atoms with E-state index in [0.29, 0.717) is 6.29 Å². The third-order valence-electron chi connectivity index (χ3n) is 3.81. The van der Waals surface area contributed by atoms with E-state index >= 15 is 0 Å². The number of carbonyl (C=O) groups is 2. The maximum Gasteiger partial charge on any atom is 0.328 e. The molecule has 0 N–H and O–H groups in total. The summed E-state index contributed by atoms with van der Waals surface area (Å²) in [6.07, 6.45) is 1.48. The second-order valence-electron chi connectivity index (χ2n) is 5.45. The van der Waals surface area contributed by atoms with Gasteiger partial charge in [0.25, 0.3) is 0 Å². The average molecular weight is 364 g/mol. The van der Waals surface area contributed by atoms with Gasteiger partial charge in [-0.25, -0.2) is 12.8 Å². The number of benzene rings is 2. The van der Waals surface area contributed by atoms with Crippen LogP contribution in [0.4, 0.5) is 4.39 Å². The summed E-state index contributed by atoms with van der Waals surface area (Å²) < 4.78 is 41.5. The predicted octanol–water partition coefficient (Wildman–Crippen LogP) is 2.28. The number of hydrogen-bond acceptors (Lipinski definition) is 5. The summed E-state index contributed by atoms with van der Waals surface area (Å²) in [4.78, 5) is 24.7. The molecule has 0 spiro atoms. The predicted molar refractivity (Wildman–Crippen MR) is 89.4 cm³/mol. The van der Waals surface area contributed by atoms with Crippen LogP contribution in [0, 0.1) is 5.82 Å². The van der Waals surface area contributed by atoms with E-state index in [4.69, 9.17) is 4.74 Å². The fourth-order valence-corrected chi connectivity index (χ4v) is 3.14. The monoisotopic (exact) mass is 364 g/mol. The summed E-state index contributed by atoms with van der Waals surface area (Å²) in [6.45, 7) is 1.65. The van der Waals surface area contributed by atoms with Crippen molar-refractivity contribution in [2.75, 3.05) is 12.9 Å². The van der Waals surface area contributed by atoms with Gasteiger partial charge in [0.2, 0.25) is 0 Å². The van der Waals surface area contributed by atoms with Gasteiger partial charge in [0.15, 0.2) is 15.3 Å². The molecule has 0 saturated heterocycles. The molecule has 0 fully saturated rings. The molecule has 0 aromatic heterocycles. The van der Waals surface area contributed by atoms with E-state index in [2.05, 4.69) is 0 Å². The fraction of sp³-hybridized carbons (Fsp3) is 0.222. The quantitative estimate of drug-likeness (QED) is 0.446. The fourth-order valence-electron chi connectivity index (χ4n) is 2.51. The second kappa shape index (κ2) is 7.14. The Morgan fingerprint density at radius 1 is 1.08 bits per heavy atom. The van der Waals surface area contributed by atoms with Crippen LogP contribution in [-0.2, 0) is 29.6 Å². The molecule has 0 aliphatic heterocycles. The molecule has 2 rings (SSSR count). The normalized spacial score (nSPS) is 13.7. The molecule has 0 aliphatic rings. The lowest BCUT2D eigenvalue weighted by Crippen LogP contribution is -2.40. The summed E-state index contributed by atoms with van der Waals surface area (Å²) in [5.74, 6) is -1.33. The van der Waals surface area contributed by atoms with Crippen LogP contribution in [0.3, 0.4) is 0 Å². The van der Waals surface area contributed by atoms with E-state index in [1.807, 2.05) is 0 Å². The highest BCUT2D eigenvalue weighted by molar-refractivity contribution is 7.90. The topological polar surface area (TPSA) is 77.5 Å². The highest BCUT2D eigenvalue weighted by Gasteiger charge is 2.44. The van der Waals surface area contributed by atoms with Crippen LogP contribution in [-0.4, -0.2) is 33.5 Å². The van der Waals surface area contributed by atoms with Crippen LogP contribution in [0.1, 0.15) is 18.1 Å². The molecule has 2 aromatic carbocycles. The van der Waals surface area contributed by atoms with Crippen LogP contribution < -0.4 is 0 Å². The molecule has 5 nitrogen and oxygen atoms in total. The molecule has 1 atom stereocenters. The molecule has 7 heteroatoms. The lowest BCUT2D eigenvalue weighted by molar-refractivity contribution is -0.149. The number of halogens is 1. The van der Waals surface area contributed by atoms with Crippen molar-refractivity contribution in [2.45, 2.75) is 17.2 Å². The number of aldehydes is 1. The van der Waals surface area contributed by atoms with Gasteiger partial charge in [-0.05, 0) is 42.3 Å². The lowest BCUT2D eigenvalue weighted by atomic mass is 9.75. The minimum absolute atomic E-state index is 0.0526. The minimum atomic E-state index is -3.43. The van der Waals surface area contributed by atoms with Crippen molar-refractivity contribution in [3.05, 3.63) is 65.5 Å². The van der Waals surface area contributed by atoms with Crippen molar-refractivity contribution >= 4 is 22.1 Å². The molecule has 0 heterocycles. The van der Waals surface area contributed by atoms with Gasteiger partial charge in [-0.2, -0.15) is 0 Å². The van der Waals surface area contributed by atoms with Crippen molar-refractivity contribution in [3.63, 3.8) is 0 Å². The SMILES string of the molecule is CCOC(=O)C(C=O)(c1ccc(F)cc1)c1ccc(S(C)(=O)=O)cc1. The van der Waals surface area contributed by atoms with Crippen LogP contribution in [0.15, 0.2) is 53.4 Å². The molecule has 0 bridgehead atoms. The number of hydrogen-bond donors (Lipinski definition) is 0. The molecule has 0 amide bonds. The van der Waals surface area contributed by atoms with E-state index in [0.717, 1.165) is 18.4 Å². The number of esters is 1. The summed E-state index contributed by atoms with van der Waals surface area (Å²) in [5, 5.41) is 0. The number of carbonyl (C=O) groups excluding carboxylic acids is 2. The summed E-state index contributed by atoms with van der Waals surface area (Å²) >= 11 is 0. The Bertz CT molecular complexity index is 873. The molecular weight excluding hydrogens is 347 g/mol. The third kappa shape index (κ3) is 3.61. The Hall–Kier alpha value is -2.54. The zero-order valence-electron chi connectivity index (χ0n) is 13.7. The van der Waals surface area contributed by atoms with Gasteiger partial charge < -0.3 is 9.53 Å². The van der Waals surface area contributed by atoms with Gasteiger partial charge in [0.05, 0.1) is 11.5 Å². The van der Waals surface area contributed by atoms with Crippen molar-refractivity contribution in [2.24, 2.45) is 0 Å². The molecule has 25 heavy (non-hydrogen) atoms. The Labute approximate surface area is 145 Å². The Balaban J connectivity index is 2.68. The van der Waals surface area contributed by atoms with E-state index in [9.17, 15) is 22.4 Å². The smallest absolute Gasteiger partial charge is 0.328 e. The van der Waals surface area contributed by atoms with Gasteiger partial charge in [-0.1, -0.05) is 24.3 Å². The number of rotatable bonds is 6. The first-order valence-electron chi connectivity index (χ1n) is 7.46. The molecule has 1 unspecified atom stereocenters. The highest BCUT2D eigenvalue weighted by atomic mass is 32.2. The maximum absolute atomic E-state index is 13.2. The van der Waals surface area contributed by atoms with E-state index in [1.54, 1.807) is 6.92 Å². The van der Waals surface area contributed by atoms with Crippen LogP contribution in [0.2, 0.25) is 0 Å². The minimum Gasteiger partial charge on any atom is -0.465 e. The summed E-state index contributed by atoms with van der Waals surface area (Å²) in [6, 6.07) is 10.3. The van der Waals surface area contributed by atoms with Crippen LogP contribution in [0.5, 0.6) is 0 Å². The van der Waals surface area contributed by atoms with Gasteiger partial charge in [0.1, 0.15) is 12.1 Å². The second-order valence-corrected chi connectivity index (χ2v) is 7.47. The largest absolute Gasteiger partial charge is 0.465 e. The first-order valence-corrected chi connectivity index (χ1v) is 9.35. The van der Waals surface area contributed by atoms with Gasteiger partial charge >= 0.3 is 5.97 Å². The zero-order valence-corrected chi connectivity index (χ0v) is 14.5. The van der Waals surface area contributed by atoms with E-state index < -0.39 is 27.0 Å². The van der Waals surface area contributed by atoms with Crippen LogP contribution in [0.25, 0.3) is 0 Å². The summed E-state index contributed by atoms with van der Waals surface area (Å²) in [5.41, 5.74) is -1.34. The van der Waals surface area contributed by atoms with Gasteiger partial charge in [-0.15, -0.1) is 0 Å².